The lowest BCUT2D eigenvalue weighted by Gasteiger charge is -2.25. The quantitative estimate of drug-likeness (QED) is 0.801. The normalized spacial score (nSPS) is 31.5. The summed E-state index contributed by atoms with van der Waals surface area (Å²) in [6.45, 7) is 8.02. The minimum Gasteiger partial charge on any atom is -0.377 e. The highest BCUT2D eigenvalue weighted by Crippen LogP contribution is 2.19. The van der Waals surface area contributed by atoms with Gasteiger partial charge in [-0.1, -0.05) is 0 Å². The summed E-state index contributed by atoms with van der Waals surface area (Å²) >= 11 is 0. The molecule has 2 rings (SSSR count). The monoisotopic (exact) mass is 240 g/mol. The number of likely N-dealkylation sites (tertiary alicyclic amines) is 1. The summed E-state index contributed by atoms with van der Waals surface area (Å²) in [5.74, 6) is 0.254. The van der Waals surface area contributed by atoms with E-state index in [2.05, 4.69) is 26.1 Å². The van der Waals surface area contributed by atoms with Crippen molar-refractivity contribution < 1.29 is 9.53 Å². The first kappa shape index (κ1) is 12.8. The molecule has 3 atom stereocenters. The van der Waals surface area contributed by atoms with E-state index < -0.39 is 0 Å². The van der Waals surface area contributed by atoms with E-state index in [1.807, 2.05) is 4.90 Å². The van der Waals surface area contributed by atoms with Gasteiger partial charge in [-0.15, -0.1) is 0 Å². The first-order valence-electron chi connectivity index (χ1n) is 6.77. The van der Waals surface area contributed by atoms with Crippen molar-refractivity contribution in [3.63, 3.8) is 0 Å². The highest BCUT2D eigenvalue weighted by molar-refractivity contribution is 5.84. The van der Waals surface area contributed by atoms with Crippen LogP contribution in [0.2, 0.25) is 0 Å². The van der Waals surface area contributed by atoms with Gasteiger partial charge in [-0.3, -0.25) is 4.79 Å². The standard InChI is InChI=1S/C13H24N2O2/c1-9(2)15-7-6-11(13(15)16)14-10(3)12-5-4-8-17-12/h9-12,14H,4-8H2,1-3H3/t10-,11+,12+/m0/s1. The van der Waals surface area contributed by atoms with E-state index in [1.54, 1.807) is 0 Å². The summed E-state index contributed by atoms with van der Waals surface area (Å²) in [6, 6.07) is 0.586. The Balaban J connectivity index is 1.85. The van der Waals surface area contributed by atoms with Gasteiger partial charge in [0.2, 0.25) is 5.91 Å². The molecule has 0 unspecified atom stereocenters. The molecule has 1 N–H and O–H groups in total. The molecule has 0 bridgehead atoms. The molecule has 0 aliphatic carbocycles. The Bertz CT molecular complexity index is 275. The van der Waals surface area contributed by atoms with Gasteiger partial charge in [0.15, 0.2) is 0 Å². The Hall–Kier alpha value is -0.610. The molecule has 2 aliphatic heterocycles. The largest absolute Gasteiger partial charge is 0.377 e. The van der Waals surface area contributed by atoms with Crippen molar-refractivity contribution in [2.45, 2.75) is 64.3 Å². The van der Waals surface area contributed by atoms with Gasteiger partial charge >= 0.3 is 0 Å². The third-order valence-electron chi connectivity index (χ3n) is 3.85. The van der Waals surface area contributed by atoms with Crippen LogP contribution in [0.4, 0.5) is 0 Å². The van der Waals surface area contributed by atoms with E-state index in [-0.39, 0.29) is 24.1 Å². The molecule has 2 aliphatic rings. The van der Waals surface area contributed by atoms with Gasteiger partial charge in [0, 0.05) is 25.2 Å². The van der Waals surface area contributed by atoms with Crippen LogP contribution in [0.15, 0.2) is 0 Å². The third-order valence-corrected chi connectivity index (χ3v) is 3.85. The topological polar surface area (TPSA) is 41.6 Å². The van der Waals surface area contributed by atoms with Crippen LogP contribution in [0.3, 0.4) is 0 Å². The average molecular weight is 240 g/mol. The number of amides is 1. The molecule has 0 spiro atoms. The van der Waals surface area contributed by atoms with Crippen molar-refractivity contribution in [3.8, 4) is 0 Å². The van der Waals surface area contributed by atoms with Gasteiger partial charge < -0.3 is 15.0 Å². The molecule has 0 aromatic heterocycles. The fourth-order valence-corrected chi connectivity index (χ4v) is 2.79. The summed E-state index contributed by atoms with van der Waals surface area (Å²) in [5, 5.41) is 3.44. The van der Waals surface area contributed by atoms with Crippen LogP contribution in [0.25, 0.3) is 0 Å². The van der Waals surface area contributed by atoms with Gasteiger partial charge in [-0.2, -0.15) is 0 Å². The Kier molecular flexibility index (Phi) is 4.05. The smallest absolute Gasteiger partial charge is 0.240 e. The van der Waals surface area contributed by atoms with Gasteiger partial charge in [-0.25, -0.2) is 0 Å². The third kappa shape index (κ3) is 2.80. The summed E-state index contributed by atoms with van der Waals surface area (Å²) in [7, 11) is 0. The van der Waals surface area contributed by atoms with Crippen molar-refractivity contribution in [3.05, 3.63) is 0 Å². The van der Waals surface area contributed by atoms with Gasteiger partial charge in [0.1, 0.15) is 0 Å². The Morgan fingerprint density at radius 2 is 2.12 bits per heavy atom. The number of rotatable bonds is 4. The molecule has 4 nitrogen and oxygen atoms in total. The summed E-state index contributed by atoms with van der Waals surface area (Å²) in [4.78, 5) is 14.1. The fraction of sp³-hybridized carbons (Fsp3) is 0.923. The Morgan fingerprint density at radius 1 is 1.35 bits per heavy atom. The van der Waals surface area contributed by atoms with Crippen LogP contribution < -0.4 is 5.32 Å². The molecule has 0 saturated carbocycles. The lowest BCUT2D eigenvalue weighted by atomic mass is 10.1. The molecule has 17 heavy (non-hydrogen) atoms. The first-order chi connectivity index (χ1) is 8.09. The van der Waals surface area contributed by atoms with E-state index >= 15 is 0 Å². The van der Waals surface area contributed by atoms with E-state index in [0.717, 1.165) is 32.4 Å². The van der Waals surface area contributed by atoms with E-state index in [9.17, 15) is 4.79 Å². The molecule has 0 aromatic rings. The Morgan fingerprint density at radius 3 is 2.65 bits per heavy atom. The highest BCUT2D eigenvalue weighted by Gasteiger charge is 2.35. The lowest BCUT2D eigenvalue weighted by Crippen LogP contribution is -2.47. The maximum Gasteiger partial charge on any atom is 0.240 e. The number of carbonyl (C=O) groups is 1. The fourth-order valence-electron chi connectivity index (χ4n) is 2.79. The molecular formula is C13H24N2O2. The molecule has 2 saturated heterocycles. The van der Waals surface area contributed by atoms with Crippen LogP contribution in [-0.2, 0) is 9.53 Å². The van der Waals surface area contributed by atoms with E-state index in [4.69, 9.17) is 4.74 Å². The lowest BCUT2D eigenvalue weighted by molar-refractivity contribution is -0.131. The SMILES string of the molecule is CC(C)N1CC[C@@H](N[C@@H](C)[C@H]2CCCO2)C1=O. The summed E-state index contributed by atoms with van der Waals surface area (Å²) < 4.78 is 5.65. The number of nitrogens with one attached hydrogen (secondary N) is 1. The van der Waals surface area contributed by atoms with Gasteiger partial charge in [-0.05, 0) is 40.0 Å². The predicted octanol–water partition coefficient (Wildman–Crippen LogP) is 1.15. The zero-order valence-electron chi connectivity index (χ0n) is 11.1. The minimum absolute atomic E-state index is 0.00315. The molecule has 4 heteroatoms. The van der Waals surface area contributed by atoms with Crippen LogP contribution in [0, 0.1) is 0 Å². The van der Waals surface area contributed by atoms with Crippen molar-refractivity contribution in [2.75, 3.05) is 13.2 Å². The maximum atomic E-state index is 12.1. The minimum atomic E-state index is -0.00315. The second-order valence-electron chi connectivity index (χ2n) is 5.47. The number of nitrogens with zero attached hydrogens (tertiary/aromatic N) is 1. The molecule has 0 aromatic carbocycles. The van der Waals surface area contributed by atoms with Crippen LogP contribution >= 0.6 is 0 Å². The summed E-state index contributed by atoms with van der Waals surface area (Å²) in [5.41, 5.74) is 0. The zero-order chi connectivity index (χ0) is 12.4. The molecule has 2 fully saturated rings. The van der Waals surface area contributed by atoms with Crippen LogP contribution in [0.5, 0.6) is 0 Å². The van der Waals surface area contributed by atoms with Crippen LogP contribution in [-0.4, -0.2) is 48.2 Å². The second kappa shape index (κ2) is 5.36. The Labute approximate surface area is 104 Å². The molecule has 1 amide bonds. The van der Waals surface area contributed by atoms with Crippen molar-refractivity contribution >= 4 is 5.91 Å². The van der Waals surface area contributed by atoms with Crippen LogP contribution in [0.1, 0.15) is 40.0 Å². The number of ether oxygens (including phenoxy) is 1. The number of hydrogen-bond acceptors (Lipinski definition) is 3. The van der Waals surface area contributed by atoms with E-state index in [0.29, 0.717) is 6.04 Å². The van der Waals surface area contributed by atoms with E-state index in [1.165, 1.54) is 0 Å². The average Bonchev–Trinajstić information content (AvgIpc) is 2.89. The first-order valence-corrected chi connectivity index (χ1v) is 6.77. The summed E-state index contributed by atoms with van der Waals surface area (Å²) in [6.07, 6.45) is 3.47. The predicted molar refractivity (Wildman–Crippen MR) is 66.8 cm³/mol. The van der Waals surface area contributed by atoms with Gasteiger partial charge in [0.05, 0.1) is 12.1 Å². The van der Waals surface area contributed by atoms with Crippen molar-refractivity contribution in [1.82, 2.24) is 10.2 Å². The molecule has 0 radical (unpaired) electrons. The van der Waals surface area contributed by atoms with Crippen molar-refractivity contribution in [2.24, 2.45) is 0 Å². The molecule has 2 heterocycles. The number of hydrogen-bond donors (Lipinski definition) is 1. The molecule has 98 valence electrons. The van der Waals surface area contributed by atoms with Crippen molar-refractivity contribution in [1.29, 1.82) is 0 Å². The number of carbonyl (C=O) groups excluding carboxylic acids is 1. The highest BCUT2D eigenvalue weighted by atomic mass is 16.5. The maximum absolute atomic E-state index is 12.1. The second-order valence-corrected chi connectivity index (χ2v) is 5.47. The zero-order valence-corrected chi connectivity index (χ0v) is 11.1. The molecular weight excluding hydrogens is 216 g/mol. The van der Waals surface area contributed by atoms with Gasteiger partial charge in [0.25, 0.3) is 0 Å².